The van der Waals surface area contributed by atoms with Gasteiger partial charge in [0, 0.05) is 18.6 Å². The van der Waals surface area contributed by atoms with E-state index >= 15 is 0 Å². The minimum Gasteiger partial charge on any atom is -0.359 e. The van der Waals surface area contributed by atoms with E-state index in [1.807, 2.05) is 57.2 Å². The van der Waals surface area contributed by atoms with Crippen molar-refractivity contribution in [1.82, 2.24) is 15.5 Å². The molecule has 2 fully saturated rings. The number of amides is 3. The minimum absolute atomic E-state index is 0.208. The lowest BCUT2D eigenvalue weighted by Crippen LogP contribution is -2.57. The summed E-state index contributed by atoms with van der Waals surface area (Å²) in [7, 11) is 0. The Morgan fingerprint density at radius 1 is 1.23 bits per heavy atom. The van der Waals surface area contributed by atoms with Gasteiger partial charge in [-0.25, -0.2) is 0 Å². The van der Waals surface area contributed by atoms with Crippen molar-refractivity contribution in [3.63, 3.8) is 0 Å². The average molecular weight is 424 g/mol. The number of nitrogens with zero attached hydrogens (tertiary/aromatic N) is 1. The highest BCUT2D eigenvalue weighted by atomic mass is 16.5. The van der Waals surface area contributed by atoms with E-state index in [0.717, 1.165) is 5.56 Å². The molecule has 1 spiro atoms. The summed E-state index contributed by atoms with van der Waals surface area (Å²) in [6.07, 6.45) is 4.68. The maximum absolute atomic E-state index is 13.4. The molecule has 2 bridgehead atoms. The highest BCUT2D eigenvalue weighted by molar-refractivity contribution is 6.00. The Morgan fingerprint density at radius 2 is 1.94 bits per heavy atom. The van der Waals surface area contributed by atoms with Gasteiger partial charge in [0.05, 0.1) is 17.9 Å². The third-order valence-electron chi connectivity index (χ3n) is 6.06. The van der Waals surface area contributed by atoms with Crippen molar-refractivity contribution in [3.05, 3.63) is 60.7 Å². The van der Waals surface area contributed by atoms with E-state index in [-0.39, 0.29) is 24.3 Å². The molecule has 3 aliphatic heterocycles. The fraction of sp³-hybridized carbons (Fsp3) is 0.458. The number of hydrogen-bond donors (Lipinski definition) is 2. The van der Waals surface area contributed by atoms with Gasteiger partial charge < -0.3 is 20.3 Å². The van der Waals surface area contributed by atoms with Gasteiger partial charge in [-0.05, 0) is 26.3 Å². The van der Waals surface area contributed by atoms with Crippen LogP contribution in [0.5, 0.6) is 0 Å². The fourth-order valence-corrected chi connectivity index (χ4v) is 4.94. The second-order valence-corrected chi connectivity index (χ2v) is 9.42. The number of rotatable bonds is 6. The van der Waals surface area contributed by atoms with Crippen molar-refractivity contribution in [1.29, 1.82) is 0 Å². The summed E-state index contributed by atoms with van der Waals surface area (Å²) < 4.78 is 6.24. The average Bonchev–Trinajstić information content (AvgIpc) is 3.34. The summed E-state index contributed by atoms with van der Waals surface area (Å²) >= 11 is 0. The number of fused-ring (bicyclic) bond motifs is 1. The van der Waals surface area contributed by atoms with Crippen LogP contribution in [-0.4, -0.2) is 52.5 Å². The number of carbonyl (C=O) groups is 3. The molecule has 7 heteroatoms. The van der Waals surface area contributed by atoms with Gasteiger partial charge in [-0.1, -0.05) is 48.6 Å². The molecule has 0 aliphatic carbocycles. The largest absolute Gasteiger partial charge is 0.359 e. The Hall–Kier alpha value is -2.93. The number of benzene rings is 1. The predicted molar refractivity (Wildman–Crippen MR) is 116 cm³/mol. The molecule has 164 valence electrons. The standard InChI is InChI=1S/C24H29N3O4/c1-5-13-27-19(21(29)26-23(2,3)4)24-12-11-16(31-24)17(18(24)22(27)30)20(28)25-14-15-9-7-6-8-10-15/h5-12,16-19H,1,13-14H2,2-4H3,(H,25,28)(H,26,29)/t16-,17-,18+,19+,24+/m1/s1. The second kappa shape index (κ2) is 7.64. The Balaban J connectivity index is 1.61. The lowest BCUT2D eigenvalue weighted by atomic mass is 9.74. The van der Waals surface area contributed by atoms with Crippen molar-refractivity contribution in [2.24, 2.45) is 11.8 Å². The summed E-state index contributed by atoms with van der Waals surface area (Å²) in [6, 6.07) is 8.74. The Labute approximate surface area is 182 Å². The monoisotopic (exact) mass is 423 g/mol. The Kier molecular flexibility index (Phi) is 5.25. The van der Waals surface area contributed by atoms with Crippen LogP contribution in [0.4, 0.5) is 0 Å². The quantitative estimate of drug-likeness (QED) is 0.680. The molecule has 3 amide bonds. The molecule has 1 aromatic rings. The van der Waals surface area contributed by atoms with Crippen molar-refractivity contribution in [2.75, 3.05) is 6.54 Å². The van der Waals surface area contributed by atoms with E-state index in [1.165, 1.54) is 4.90 Å². The zero-order valence-electron chi connectivity index (χ0n) is 18.1. The lowest BCUT2D eigenvalue weighted by Gasteiger charge is -2.34. The van der Waals surface area contributed by atoms with Gasteiger partial charge in [0.2, 0.25) is 17.7 Å². The second-order valence-electron chi connectivity index (χ2n) is 9.42. The van der Waals surface area contributed by atoms with Crippen LogP contribution in [0.3, 0.4) is 0 Å². The normalized spacial score (nSPS) is 30.9. The number of carbonyl (C=O) groups excluding carboxylic acids is 3. The maximum Gasteiger partial charge on any atom is 0.246 e. The first-order valence-electron chi connectivity index (χ1n) is 10.6. The van der Waals surface area contributed by atoms with E-state index in [2.05, 4.69) is 17.2 Å². The van der Waals surface area contributed by atoms with Crippen LogP contribution in [0, 0.1) is 11.8 Å². The summed E-state index contributed by atoms with van der Waals surface area (Å²) in [5.41, 5.74) is -0.644. The third-order valence-corrected chi connectivity index (χ3v) is 6.06. The highest BCUT2D eigenvalue weighted by Gasteiger charge is 2.72. The first kappa shape index (κ1) is 21.3. The molecule has 0 unspecified atom stereocenters. The molecule has 3 heterocycles. The topological polar surface area (TPSA) is 87.7 Å². The molecule has 1 aromatic carbocycles. The first-order valence-corrected chi connectivity index (χ1v) is 10.6. The smallest absolute Gasteiger partial charge is 0.246 e. The Bertz CT molecular complexity index is 936. The molecule has 0 radical (unpaired) electrons. The number of likely N-dealkylation sites (tertiary alicyclic amines) is 1. The highest BCUT2D eigenvalue weighted by Crippen LogP contribution is 2.55. The molecule has 0 saturated carbocycles. The summed E-state index contributed by atoms with van der Waals surface area (Å²) in [5, 5.41) is 5.91. The van der Waals surface area contributed by atoms with Gasteiger partial charge in [0.15, 0.2) is 0 Å². The Morgan fingerprint density at radius 3 is 2.58 bits per heavy atom. The zero-order valence-corrected chi connectivity index (χ0v) is 18.1. The van der Waals surface area contributed by atoms with Gasteiger partial charge >= 0.3 is 0 Å². The van der Waals surface area contributed by atoms with Crippen molar-refractivity contribution in [3.8, 4) is 0 Å². The SMILES string of the molecule is C=CCN1C(=O)[C@@H]2[C@H](C(=O)NCc3ccccc3)[C@H]3C=C[C@@]2(O3)[C@@H]1C(=O)NC(C)(C)C. The molecule has 2 saturated heterocycles. The first-order chi connectivity index (χ1) is 14.7. The number of nitrogens with one attached hydrogen (secondary N) is 2. The number of hydrogen-bond acceptors (Lipinski definition) is 4. The van der Waals surface area contributed by atoms with Crippen LogP contribution in [-0.2, 0) is 25.7 Å². The molecule has 4 rings (SSSR count). The van der Waals surface area contributed by atoms with Gasteiger partial charge in [-0.15, -0.1) is 6.58 Å². The van der Waals surface area contributed by atoms with E-state index in [9.17, 15) is 14.4 Å². The van der Waals surface area contributed by atoms with E-state index in [4.69, 9.17) is 4.74 Å². The van der Waals surface area contributed by atoms with E-state index in [1.54, 1.807) is 12.2 Å². The van der Waals surface area contributed by atoms with Crippen LogP contribution in [0.1, 0.15) is 26.3 Å². The van der Waals surface area contributed by atoms with Crippen LogP contribution in [0.15, 0.2) is 55.1 Å². The summed E-state index contributed by atoms with van der Waals surface area (Å²) in [6.45, 7) is 9.97. The molecule has 0 aromatic heterocycles. The van der Waals surface area contributed by atoms with Gasteiger partial charge in [0.25, 0.3) is 0 Å². The predicted octanol–water partition coefficient (Wildman–Crippen LogP) is 1.55. The van der Waals surface area contributed by atoms with E-state index in [0.29, 0.717) is 6.54 Å². The lowest BCUT2D eigenvalue weighted by molar-refractivity contribution is -0.141. The van der Waals surface area contributed by atoms with Gasteiger partial charge in [0.1, 0.15) is 11.6 Å². The van der Waals surface area contributed by atoms with Crippen molar-refractivity contribution < 1.29 is 19.1 Å². The third kappa shape index (κ3) is 3.57. The van der Waals surface area contributed by atoms with Crippen LogP contribution >= 0.6 is 0 Å². The molecule has 2 N–H and O–H groups in total. The minimum atomic E-state index is -1.14. The van der Waals surface area contributed by atoms with E-state index < -0.39 is 35.1 Å². The number of ether oxygens (including phenoxy) is 1. The molecule has 5 atom stereocenters. The van der Waals surface area contributed by atoms with Gasteiger partial charge in [-0.3, -0.25) is 14.4 Å². The molecule has 31 heavy (non-hydrogen) atoms. The molecular weight excluding hydrogens is 394 g/mol. The maximum atomic E-state index is 13.4. The van der Waals surface area contributed by atoms with Crippen LogP contribution in [0.25, 0.3) is 0 Å². The van der Waals surface area contributed by atoms with Crippen LogP contribution in [0.2, 0.25) is 0 Å². The van der Waals surface area contributed by atoms with Gasteiger partial charge in [-0.2, -0.15) is 0 Å². The summed E-state index contributed by atoms with van der Waals surface area (Å²) in [5.74, 6) is -2.20. The van der Waals surface area contributed by atoms with Crippen molar-refractivity contribution >= 4 is 17.7 Å². The molecular formula is C24H29N3O4. The molecule has 3 aliphatic rings. The zero-order chi connectivity index (χ0) is 22.4. The van der Waals surface area contributed by atoms with Crippen LogP contribution < -0.4 is 10.6 Å². The fourth-order valence-electron chi connectivity index (χ4n) is 4.94. The van der Waals surface area contributed by atoms with Crippen molar-refractivity contribution in [2.45, 2.75) is 50.6 Å². The summed E-state index contributed by atoms with van der Waals surface area (Å²) in [4.78, 5) is 41.3. The molecule has 7 nitrogen and oxygen atoms in total.